The predicted molar refractivity (Wildman–Crippen MR) is 136 cm³/mol. The molecule has 3 N–H and O–H groups in total. The number of nitrogens with one attached hydrogen (secondary N) is 2. The summed E-state index contributed by atoms with van der Waals surface area (Å²) in [6.07, 6.45) is -0.0132. The zero-order valence-electron chi connectivity index (χ0n) is 19.4. The summed E-state index contributed by atoms with van der Waals surface area (Å²) < 4.78 is 38.7. The van der Waals surface area contributed by atoms with Gasteiger partial charge in [-0.15, -0.1) is 22.7 Å². The van der Waals surface area contributed by atoms with Crippen molar-refractivity contribution < 1.29 is 27.9 Å². The van der Waals surface area contributed by atoms with Crippen LogP contribution in [0.3, 0.4) is 0 Å². The second-order valence-corrected chi connectivity index (χ2v) is 9.69. The molecule has 1 atom stereocenters. The first-order valence-corrected chi connectivity index (χ1v) is 12.5. The summed E-state index contributed by atoms with van der Waals surface area (Å²) in [5.41, 5.74) is 0.337. The van der Waals surface area contributed by atoms with Crippen molar-refractivity contribution in [1.82, 2.24) is 15.3 Å². The molecule has 13 heteroatoms. The lowest BCUT2D eigenvalue weighted by Gasteiger charge is -2.15. The number of aromatic nitrogens is 2. The minimum atomic E-state index is -4.48. The Morgan fingerprint density at radius 2 is 1.89 bits per heavy atom. The molecule has 0 aliphatic heterocycles. The van der Waals surface area contributed by atoms with E-state index in [1.54, 1.807) is 20.0 Å². The average molecular weight is 548 g/mol. The number of thiophene rings is 2. The Balaban J connectivity index is 1.55. The standard InChI is InChI=1S/C24H20F3N5O3S2/c1-3-30-32(17-11-36-21(20(17)33)14-4-6-15(7-5-14)24(25,26)27)23(35)19-9-8-18(37-19)22(34)31-13(2)16-10-28-12-29-16/h3-13,33H,1-2H3,(H,28,29)(H,31,34). The van der Waals surface area contributed by atoms with Crippen molar-refractivity contribution in [3.8, 4) is 16.2 Å². The van der Waals surface area contributed by atoms with Crippen LogP contribution in [0.15, 0.2) is 59.4 Å². The molecule has 0 spiro atoms. The Kier molecular flexibility index (Phi) is 7.45. The molecule has 0 fully saturated rings. The quantitative estimate of drug-likeness (QED) is 0.193. The number of carbonyl (C=O) groups excluding carboxylic acids is 2. The number of alkyl halides is 3. The van der Waals surface area contributed by atoms with Crippen molar-refractivity contribution in [2.24, 2.45) is 5.10 Å². The topological polar surface area (TPSA) is 111 Å². The van der Waals surface area contributed by atoms with Gasteiger partial charge in [0.25, 0.3) is 11.8 Å². The molecule has 0 bridgehead atoms. The first-order chi connectivity index (χ1) is 17.6. The molecule has 0 aliphatic rings. The summed E-state index contributed by atoms with van der Waals surface area (Å²) in [5, 5.41) is 20.2. The SMILES string of the molecule is CC=NN(C(=O)c1ccc(C(=O)NC(C)c2cnc[nH]2)s1)c1csc(-c2ccc(C(F)(F)F)cc2)c1O. The average Bonchev–Trinajstić information content (AvgIpc) is 3.63. The number of benzene rings is 1. The normalized spacial score (nSPS) is 12.6. The number of hydrazone groups is 1. The van der Waals surface area contributed by atoms with E-state index in [9.17, 15) is 27.9 Å². The molecule has 1 unspecified atom stereocenters. The third kappa shape index (κ3) is 5.57. The van der Waals surface area contributed by atoms with E-state index in [2.05, 4.69) is 20.4 Å². The van der Waals surface area contributed by atoms with E-state index in [0.717, 1.165) is 45.5 Å². The molecule has 4 rings (SSSR count). The number of carbonyl (C=O) groups is 2. The van der Waals surface area contributed by atoms with E-state index in [0.29, 0.717) is 10.4 Å². The number of nitrogens with zero attached hydrogens (tertiary/aromatic N) is 3. The fourth-order valence-electron chi connectivity index (χ4n) is 3.38. The predicted octanol–water partition coefficient (Wildman–Crippen LogP) is 6.07. The molecule has 0 aliphatic carbocycles. The maximum Gasteiger partial charge on any atom is 0.416 e. The zero-order chi connectivity index (χ0) is 26.7. The van der Waals surface area contributed by atoms with Crippen LogP contribution >= 0.6 is 22.7 Å². The van der Waals surface area contributed by atoms with Crippen LogP contribution < -0.4 is 10.3 Å². The summed E-state index contributed by atoms with van der Waals surface area (Å²) in [6.45, 7) is 3.38. The first-order valence-electron chi connectivity index (χ1n) is 10.8. The molecule has 192 valence electrons. The number of aromatic hydroxyl groups is 1. The minimum absolute atomic E-state index is 0.0651. The number of hydrogen-bond acceptors (Lipinski definition) is 7. The lowest BCUT2D eigenvalue weighted by atomic mass is 10.1. The molecular weight excluding hydrogens is 527 g/mol. The molecule has 1 aromatic carbocycles. The molecule has 3 heterocycles. The van der Waals surface area contributed by atoms with E-state index in [-0.39, 0.29) is 33.1 Å². The van der Waals surface area contributed by atoms with Gasteiger partial charge in [-0.2, -0.15) is 23.3 Å². The molecule has 37 heavy (non-hydrogen) atoms. The van der Waals surface area contributed by atoms with Crippen molar-refractivity contribution in [1.29, 1.82) is 0 Å². The van der Waals surface area contributed by atoms with Crippen LogP contribution in [0.2, 0.25) is 0 Å². The highest BCUT2D eigenvalue weighted by molar-refractivity contribution is 7.16. The van der Waals surface area contributed by atoms with Gasteiger partial charge in [-0.05, 0) is 43.7 Å². The van der Waals surface area contributed by atoms with Crippen LogP contribution in [-0.2, 0) is 6.18 Å². The van der Waals surface area contributed by atoms with Crippen molar-refractivity contribution in [3.63, 3.8) is 0 Å². The van der Waals surface area contributed by atoms with Gasteiger partial charge < -0.3 is 15.4 Å². The first kappa shape index (κ1) is 26.1. The number of amides is 2. The summed E-state index contributed by atoms with van der Waals surface area (Å²) in [6, 6.07) is 7.02. The van der Waals surface area contributed by atoms with Gasteiger partial charge in [-0.25, -0.2) is 4.98 Å². The minimum Gasteiger partial charge on any atom is -0.504 e. The molecule has 2 amide bonds. The van der Waals surface area contributed by atoms with Crippen molar-refractivity contribution in [2.45, 2.75) is 26.1 Å². The highest BCUT2D eigenvalue weighted by atomic mass is 32.1. The van der Waals surface area contributed by atoms with Crippen LogP contribution in [0.5, 0.6) is 5.75 Å². The van der Waals surface area contributed by atoms with Crippen molar-refractivity contribution >= 4 is 46.4 Å². The number of anilines is 1. The van der Waals surface area contributed by atoms with Gasteiger partial charge in [-0.3, -0.25) is 9.59 Å². The molecule has 0 saturated carbocycles. The molecule has 3 aromatic heterocycles. The summed E-state index contributed by atoms with van der Waals surface area (Å²) >= 11 is 2.02. The summed E-state index contributed by atoms with van der Waals surface area (Å²) in [5.74, 6) is -1.26. The second kappa shape index (κ2) is 10.6. The van der Waals surface area contributed by atoms with E-state index in [4.69, 9.17) is 0 Å². The Bertz CT molecular complexity index is 1430. The van der Waals surface area contributed by atoms with Gasteiger partial charge in [0.1, 0.15) is 5.69 Å². The largest absolute Gasteiger partial charge is 0.504 e. The highest BCUT2D eigenvalue weighted by Crippen LogP contribution is 2.44. The number of imidazole rings is 1. The third-order valence-electron chi connectivity index (χ3n) is 5.25. The van der Waals surface area contributed by atoms with Gasteiger partial charge in [-0.1, -0.05) is 12.1 Å². The lowest BCUT2D eigenvalue weighted by molar-refractivity contribution is -0.137. The number of rotatable bonds is 7. The number of H-pyrrole nitrogens is 1. The lowest BCUT2D eigenvalue weighted by Crippen LogP contribution is -2.26. The van der Waals surface area contributed by atoms with Crippen LogP contribution in [0.25, 0.3) is 10.4 Å². The van der Waals surface area contributed by atoms with Crippen LogP contribution in [0.4, 0.5) is 18.9 Å². The molecule has 0 radical (unpaired) electrons. The van der Waals surface area contributed by atoms with Gasteiger partial charge in [0.2, 0.25) is 0 Å². The van der Waals surface area contributed by atoms with Crippen molar-refractivity contribution in [3.05, 3.63) is 75.3 Å². The van der Waals surface area contributed by atoms with Crippen LogP contribution in [0.1, 0.15) is 50.5 Å². The third-order valence-corrected chi connectivity index (χ3v) is 7.32. The van der Waals surface area contributed by atoms with Crippen molar-refractivity contribution in [2.75, 3.05) is 5.01 Å². The van der Waals surface area contributed by atoms with E-state index >= 15 is 0 Å². The zero-order valence-corrected chi connectivity index (χ0v) is 21.0. The smallest absolute Gasteiger partial charge is 0.416 e. The maximum absolute atomic E-state index is 13.3. The van der Waals surface area contributed by atoms with E-state index in [1.165, 1.54) is 42.2 Å². The number of halogens is 3. The Labute approximate surface area is 217 Å². The van der Waals surface area contributed by atoms with E-state index in [1.807, 2.05) is 0 Å². The number of aromatic amines is 1. The van der Waals surface area contributed by atoms with Gasteiger partial charge in [0.05, 0.1) is 44.5 Å². The Morgan fingerprint density at radius 1 is 1.19 bits per heavy atom. The molecule has 8 nitrogen and oxygen atoms in total. The monoisotopic (exact) mass is 547 g/mol. The maximum atomic E-state index is 13.3. The fraction of sp³-hybridized carbons (Fsp3) is 0.167. The highest BCUT2D eigenvalue weighted by Gasteiger charge is 2.31. The van der Waals surface area contributed by atoms with Crippen LogP contribution in [-0.4, -0.2) is 33.1 Å². The second-order valence-electron chi connectivity index (χ2n) is 7.73. The number of hydrogen-bond donors (Lipinski definition) is 3. The summed E-state index contributed by atoms with van der Waals surface area (Å²) in [7, 11) is 0. The fourth-order valence-corrected chi connectivity index (χ4v) is 5.14. The van der Waals surface area contributed by atoms with E-state index < -0.39 is 17.6 Å². The Hall–Kier alpha value is -3.97. The molecular formula is C24H20F3N5O3S2. The Morgan fingerprint density at radius 3 is 2.51 bits per heavy atom. The van der Waals surface area contributed by atoms with Gasteiger partial charge >= 0.3 is 6.18 Å². The van der Waals surface area contributed by atoms with Gasteiger partial charge in [0, 0.05) is 11.6 Å². The molecule has 4 aromatic rings. The summed E-state index contributed by atoms with van der Waals surface area (Å²) in [4.78, 5) is 33.6. The van der Waals surface area contributed by atoms with Crippen LogP contribution in [0, 0.1) is 0 Å². The molecule has 0 saturated heterocycles. The van der Waals surface area contributed by atoms with Gasteiger partial charge in [0.15, 0.2) is 5.75 Å².